The van der Waals surface area contributed by atoms with E-state index in [4.69, 9.17) is 4.74 Å². The second-order valence-electron chi connectivity index (χ2n) is 3.80. The second-order valence-corrected chi connectivity index (χ2v) is 3.80. The Morgan fingerprint density at radius 1 is 1.29 bits per heavy atom. The van der Waals surface area contributed by atoms with Gasteiger partial charge in [-0.25, -0.2) is 4.79 Å². The van der Waals surface area contributed by atoms with E-state index in [0.717, 1.165) is 17.6 Å². The van der Waals surface area contributed by atoms with Gasteiger partial charge in [-0.1, -0.05) is 24.3 Å². The molecule has 1 aliphatic carbocycles. The predicted octanol–water partition coefficient (Wildman–Crippen LogP) is 1.80. The van der Waals surface area contributed by atoms with E-state index in [1.54, 1.807) is 0 Å². The fraction of sp³-hybridized carbons (Fsp3) is 0.250. The van der Waals surface area contributed by atoms with Crippen LogP contribution in [-0.2, 0) is 16.0 Å². The van der Waals surface area contributed by atoms with Crippen LogP contribution in [0.3, 0.4) is 0 Å². The summed E-state index contributed by atoms with van der Waals surface area (Å²) in [6.07, 6.45) is 2.91. The summed E-state index contributed by atoms with van der Waals surface area (Å²) >= 11 is 0. The van der Waals surface area contributed by atoms with Gasteiger partial charge in [0.05, 0.1) is 6.61 Å². The molecule has 0 radical (unpaired) electrons. The molecule has 1 heterocycles. The quantitative estimate of drug-likeness (QED) is 0.577. The van der Waals surface area contributed by atoms with Crippen LogP contribution in [0.4, 0.5) is 0 Å². The van der Waals surface area contributed by atoms with Crippen LogP contribution in [0.25, 0.3) is 6.08 Å². The summed E-state index contributed by atoms with van der Waals surface area (Å²) in [6.45, 7) is 0.555. The van der Waals surface area contributed by atoms with Crippen LogP contribution in [0.2, 0.25) is 0 Å². The average molecular weight is 186 g/mol. The number of carbonyl (C=O) groups excluding carboxylic acids is 1. The molecule has 1 aromatic carbocycles. The highest BCUT2D eigenvalue weighted by atomic mass is 16.5. The van der Waals surface area contributed by atoms with Gasteiger partial charge in [0, 0.05) is 11.5 Å². The molecule has 3 rings (SSSR count). The molecule has 0 amide bonds. The van der Waals surface area contributed by atoms with Crippen LogP contribution >= 0.6 is 0 Å². The van der Waals surface area contributed by atoms with Crippen molar-refractivity contribution in [1.29, 1.82) is 0 Å². The Labute approximate surface area is 82.2 Å². The highest BCUT2D eigenvalue weighted by Crippen LogP contribution is 2.33. The van der Waals surface area contributed by atoms with Crippen LogP contribution < -0.4 is 0 Å². The van der Waals surface area contributed by atoms with E-state index < -0.39 is 0 Å². The van der Waals surface area contributed by atoms with Crippen molar-refractivity contribution < 1.29 is 9.53 Å². The third kappa shape index (κ3) is 1.00. The molecular formula is C12H10O2. The van der Waals surface area contributed by atoms with E-state index in [-0.39, 0.29) is 11.9 Å². The smallest absolute Gasteiger partial charge is 0.334 e. The van der Waals surface area contributed by atoms with Crippen molar-refractivity contribution in [2.24, 2.45) is 5.92 Å². The normalized spacial score (nSPS) is 23.6. The van der Waals surface area contributed by atoms with Gasteiger partial charge in [-0.15, -0.1) is 0 Å². The number of rotatable bonds is 0. The molecule has 0 bridgehead atoms. The molecule has 0 aromatic heterocycles. The first-order valence-corrected chi connectivity index (χ1v) is 4.81. The zero-order valence-electron chi connectivity index (χ0n) is 7.69. The lowest BCUT2D eigenvalue weighted by molar-refractivity contribution is -0.135. The number of esters is 1. The van der Waals surface area contributed by atoms with Gasteiger partial charge in [0.25, 0.3) is 0 Å². The summed E-state index contributed by atoms with van der Waals surface area (Å²) in [5.41, 5.74) is 3.33. The molecule has 0 unspecified atom stereocenters. The molecule has 14 heavy (non-hydrogen) atoms. The van der Waals surface area contributed by atoms with Crippen molar-refractivity contribution in [3.05, 3.63) is 41.0 Å². The molecule has 2 aliphatic rings. The monoisotopic (exact) mass is 186 g/mol. The fourth-order valence-corrected chi connectivity index (χ4v) is 2.16. The van der Waals surface area contributed by atoms with Crippen molar-refractivity contribution in [3.8, 4) is 0 Å². The SMILES string of the molecule is O=C1OC[C@H]2Cc3ccccc3C=C12. The maximum atomic E-state index is 11.3. The fourth-order valence-electron chi connectivity index (χ4n) is 2.16. The van der Waals surface area contributed by atoms with Crippen molar-refractivity contribution in [1.82, 2.24) is 0 Å². The summed E-state index contributed by atoms with van der Waals surface area (Å²) in [5.74, 6) is 0.155. The minimum atomic E-state index is -0.135. The van der Waals surface area contributed by atoms with E-state index in [2.05, 4.69) is 6.07 Å². The number of hydrogen-bond donors (Lipinski definition) is 0. The predicted molar refractivity (Wildman–Crippen MR) is 52.6 cm³/mol. The summed E-state index contributed by atoms with van der Waals surface area (Å²) in [4.78, 5) is 11.3. The number of carbonyl (C=O) groups is 1. The Morgan fingerprint density at radius 2 is 2.14 bits per heavy atom. The summed E-state index contributed by atoms with van der Waals surface area (Å²) in [5, 5.41) is 0. The average Bonchev–Trinajstić information content (AvgIpc) is 2.57. The largest absolute Gasteiger partial charge is 0.462 e. The molecular weight excluding hydrogens is 176 g/mol. The zero-order chi connectivity index (χ0) is 9.54. The van der Waals surface area contributed by atoms with E-state index in [9.17, 15) is 4.79 Å². The van der Waals surface area contributed by atoms with Crippen molar-refractivity contribution >= 4 is 12.0 Å². The van der Waals surface area contributed by atoms with E-state index in [1.165, 1.54) is 5.56 Å². The van der Waals surface area contributed by atoms with Crippen LogP contribution in [0.5, 0.6) is 0 Å². The first-order valence-electron chi connectivity index (χ1n) is 4.81. The third-order valence-corrected chi connectivity index (χ3v) is 2.92. The standard InChI is InChI=1S/C12H10O2/c13-12-11-6-9-4-2-1-3-8(9)5-10(11)7-14-12/h1-4,6,10H,5,7H2/t10-/m1/s1. The van der Waals surface area contributed by atoms with Gasteiger partial charge in [0.15, 0.2) is 0 Å². The summed E-state index contributed by atoms with van der Waals surface area (Å²) in [7, 11) is 0. The third-order valence-electron chi connectivity index (χ3n) is 2.92. The van der Waals surface area contributed by atoms with Crippen LogP contribution in [0.1, 0.15) is 11.1 Å². The number of cyclic esters (lactones) is 1. The Hall–Kier alpha value is -1.57. The molecule has 70 valence electrons. The molecule has 1 aliphatic heterocycles. The number of fused-ring (bicyclic) bond motifs is 2. The van der Waals surface area contributed by atoms with Gasteiger partial charge < -0.3 is 4.74 Å². The van der Waals surface area contributed by atoms with E-state index in [0.29, 0.717) is 6.61 Å². The Morgan fingerprint density at radius 3 is 3.07 bits per heavy atom. The first-order chi connectivity index (χ1) is 6.84. The van der Waals surface area contributed by atoms with Gasteiger partial charge >= 0.3 is 5.97 Å². The van der Waals surface area contributed by atoms with Crippen LogP contribution in [0, 0.1) is 5.92 Å². The minimum absolute atomic E-state index is 0.135. The summed E-state index contributed by atoms with van der Waals surface area (Å²) in [6, 6.07) is 8.20. The minimum Gasteiger partial charge on any atom is -0.462 e. The molecule has 0 saturated carbocycles. The molecule has 0 N–H and O–H groups in total. The lowest BCUT2D eigenvalue weighted by Crippen LogP contribution is -2.12. The van der Waals surface area contributed by atoms with Crippen LogP contribution in [0.15, 0.2) is 29.8 Å². The van der Waals surface area contributed by atoms with Gasteiger partial charge in [-0.05, 0) is 23.6 Å². The topological polar surface area (TPSA) is 26.3 Å². The molecule has 1 aromatic rings. The first kappa shape index (κ1) is 7.80. The van der Waals surface area contributed by atoms with E-state index >= 15 is 0 Å². The second kappa shape index (κ2) is 2.71. The van der Waals surface area contributed by atoms with Gasteiger partial charge in [0.1, 0.15) is 0 Å². The van der Waals surface area contributed by atoms with Crippen molar-refractivity contribution in [2.45, 2.75) is 6.42 Å². The van der Waals surface area contributed by atoms with Crippen molar-refractivity contribution in [3.63, 3.8) is 0 Å². The Bertz CT molecular complexity index is 432. The molecule has 1 fully saturated rings. The highest BCUT2D eigenvalue weighted by Gasteiger charge is 2.33. The van der Waals surface area contributed by atoms with Gasteiger partial charge in [0.2, 0.25) is 0 Å². The number of hydrogen-bond acceptors (Lipinski definition) is 2. The van der Waals surface area contributed by atoms with Gasteiger partial charge in [-0.2, -0.15) is 0 Å². The highest BCUT2D eigenvalue weighted by molar-refractivity contribution is 5.97. The molecule has 0 spiro atoms. The van der Waals surface area contributed by atoms with Crippen molar-refractivity contribution in [2.75, 3.05) is 6.61 Å². The Balaban J connectivity index is 2.13. The molecule has 1 atom stereocenters. The molecule has 2 nitrogen and oxygen atoms in total. The maximum Gasteiger partial charge on any atom is 0.334 e. The van der Waals surface area contributed by atoms with Gasteiger partial charge in [-0.3, -0.25) is 0 Å². The molecule has 2 heteroatoms. The zero-order valence-corrected chi connectivity index (χ0v) is 7.69. The number of ether oxygens (including phenoxy) is 1. The lowest BCUT2D eigenvalue weighted by Gasteiger charge is -2.16. The van der Waals surface area contributed by atoms with Crippen LogP contribution in [-0.4, -0.2) is 12.6 Å². The molecule has 1 saturated heterocycles. The van der Waals surface area contributed by atoms with E-state index in [1.807, 2.05) is 24.3 Å². The maximum absolute atomic E-state index is 11.3. The Kier molecular flexibility index (Phi) is 1.51. The number of benzene rings is 1. The summed E-state index contributed by atoms with van der Waals surface area (Å²) < 4.78 is 5.02. The lowest BCUT2D eigenvalue weighted by atomic mass is 9.85.